The topological polar surface area (TPSA) is 80.6 Å². The lowest BCUT2D eigenvalue weighted by Crippen LogP contribution is -2.13. The summed E-state index contributed by atoms with van der Waals surface area (Å²) in [6.45, 7) is 2.69. The normalized spacial score (nSPS) is 10.8. The largest absolute Gasteiger partial charge is 0.497 e. The van der Waals surface area contributed by atoms with E-state index in [0.717, 1.165) is 5.56 Å². The molecular formula is C26H23ClN2O4. The van der Waals surface area contributed by atoms with E-state index in [1.165, 1.54) is 6.08 Å². The van der Waals surface area contributed by atoms with Crippen LogP contribution in [0, 0.1) is 11.3 Å². The Morgan fingerprint density at radius 3 is 2.36 bits per heavy atom. The molecule has 0 radical (unpaired) electrons. The smallest absolute Gasteiger partial charge is 0.266 e. The molecular weight excluding hydrogens is 440 g/mol. The number of ether oxygens (including phenoxy) is 3. The summed E-state index contributed by atoms with van der Waals surface area (Å²) in [5.74, 6) is 1.28. The van der Waals surface area contributed by atoms with E-state index in [-0.39, 0.29) is 5.57 Å². The van der Waals surface area contributed by atoms with E-state index in [4.69, 9.17) is 25.8 Å². The van der Waals surface area contributed by atoms with Gasteiger partial charge in [0, 0.05) is 22.3 Å². The number of hydrogen-bond acceptors (Lipinski definition) is 5. The second kappa shape index (κ2) is 11.6. The molecule has 0 aliphatic heterocycles. The Kier molecular flexibility index (Phi) is 8.34. The molecule has 0 spiro atoms. The minimum absolute atomic E-state index is 0.0517. The maximum Gasteiger partial charge on any atom is 0.266 e. The molecule has 0 aromatic heterocycles. The second-order valence-corrected chi connectivity index (χ2v) is 7.34. The van der Waals surface area contributed by atoms with Crippen molar-refractivity contribution in [3.8, 4) is 23.3 Å². The van der Waals surface area contributed by atoms with Gasteiger partial charge < -0.3 is 19.5 Å². The number of amides is 1. The van der Waals surface area contributed by atoms with Crippen LogP contribution in [0.25, 0.3) is 6.08 Å². The molecule has 1 N–H and O–H groups in total. The van der Waals surface area contributed by atoms with Crippen molar-refractivity contribution >= 4 is 29.3 Å². The molecule has 0 aliphatic rings. The SMILES string of the molecule is CCOc1cc(OC)ccc1/C=C(\C#N)C(=O)Nc1ccc(OCc2ccc(Cl)cc2)cc1. The molecule has 0 aliphatic carbocycles. The minimum Gasteiger partial charge on any atom is -0.497 e. The van der Waals surface area contributed by atoms with Crippen LogP contribution in [0.5, 0.6) is 17.2 Å². The van der Waals surface area contributed by atoms with Gasteiger partial charge in [-0.05, 0) is 67.1 Å². The molecule has 0 heterocycles. The lowest BCUT2D eigenvalue weighted by atomic mass is 10.1. The van der Waals surface area contributed by atoms with Crippen molar-refractivity contribution in [2.24, 2.45) is 0 Å². The zero-order chi connectivity index (χ0) is 23.6. The second-order valence-electron chi connectivity index (χ2n) is 6.90. The fraction of sp³-hybridized carbons (Fsp3) is 0.154. The van der Waals surface area contributed by atoms with Crippen molar-refractivity contribution in [1.82, 2.24) is 0 Å². The summed E-state index contributed by atoms with van der Waals surface area (Å²) in [7, 11) is 1.56. The lowest BCUT2D eigenvalue weighted by molar-refractivity contribution is -0.112. The number of carbonyl (C=O) groups excluding carboxylic acids is 1. The van der Waals surface area contributed by atoms with Crippen LogP contribution < -0.4 is 19.5 Å². The van der Waals surface area contributed by atoms with Gasteiger partial charge >= 0.3 is 0 Å². The monoisotopic (exact) mass is 462 g/mol. The number of carbonyl (C=O) groups is 1. The van der Waals surface area contributed by atoms with Gasteiger partial charge in [0.25, 0.3) is 5.91 Å². The van der Waals surface area contributed by atoms with Crippen LogP contribution in [0.2, 0.25) is 5.02 Å². The Morgan fingerprint density at radius 1 is 1.03 bits per heavy atom. The molecule has 1 amide bonds. The molecule has 3 rings (SSSR count). The minimum atomic E-state index is -0.523. The van der Waals surface area contributed by atoms with Crippen LogP contribution in [-0.2, 0) is 11.4 Å². The molecule has 0 saturated carbocycles. The van der Waals surface area contributed by atoms with Gasteiger partial charge in [-0.1, -0.05) is 23.7 Å². The highest BCUT2D eigenvalue weighted by molar-refractivity contribution is 6.30. The first-order valence-corrected chi connectivity index (χ1v) is 10.6. The summed E-state index contributed by atoms with van der Waals surface area (Å²) in [5.41, 5.74) is 2.09. The summed E-state index contributed by atoms with van der Waals surface area (Å²) in [6, 6.07) is 21.5. The quantitative estimate of drug-likeness (QED) is 0.317. The fourth-order valence-electron chi connectivity index (χ4n) is 2.93. The highest BCUT2D eigenvalue weighted by Gasteiger charge is 2.12. The first-order valence-electron chi connectivity index (χ1n) is 10.2. The molecule has 3 aromatic carbocycles. The van der Waals surface area contributed by atoms with Gasteiger partial charge in [-0.25, -0.2) is 0 Å². The molecule has 0 atom stereocenters. The summed E-state index contributed by atoms with van der Waals surface area (Å²) in [5, 5.41) is 12.9. The first kappa shape index (κ1) is 23.7. The number of hydrogen-bond donors (Lipinski definition) is 1. The van der Waals surface area contributed by atoms with Crippen molar-refractivity contribution in [1.29, 1.82) is 5.26 Å². The average Bonchev–Trinajstić information content (AvgIpc) is 2.83. The first-order chi connectivity index (χ1) is 16.0. The highest BCUT2D eigenvalue weighted by Crippen LogP contribution is 2.27. The molecule has 0 fully saturated rings. The number of rotatable bonds is 9. The van der Waals surface area contributed by atoms with E-state index >= 15 is 0 Å². The Balaban J connectivity index is 1.67. The van der Waals surface area contributed by atoms with E-state index in [0.29, 0.717) is 46.7 Å². The van der Waals surface area contributed by atoms with Gasteiger partial charge in [-0.3, -0.25) is 4.79 Å². The predicted molar refractivity (Wildman–Crippen MR) is 129 cm³/mol. The Morgan fingerprint density at radius 2 is 1.73 bits per heavy atom. The maximum atomic E-state index is 12.7. The number of halogens is 1. The molecule has 33 heavy (non-hydrogen) atoms. The highest BCUT2D eigenvalue weighted by atomic mass is 35.5. The van der Waals surface area contributed by atoms with E-state index in [9.17, 15) is 10.1 Å². The molecule has 0 unspecified atom stereocenters. The maximum absolute atomic E-state index is 12.7. The standard InChI is InChI=1S/C26H23ClN2O4/c1-3-32-25-15-24(31-2)11-6-19(25)14-20(16-28)26(30)29-22-9-12-23(13-10-22)33-17-18-4-7-21(27)8-5-18/h4-15H,3,17H2,1-2H3,(H,29,30)/b20-14+. The summed E-state index contributed by atoms with van der Waals surface area (Å²) in [6.07, 6.45) is 1.49. The predicted octanol–water partition coefficient (Wildman–Crippen LogP) is 5.87. The zero-order valence-electron chi connectivity index (χ0n) is 18.3. The summed E-state index contributed by atoms with van der Waals surface area (Å²) >= 11 is 5.89. The fourth-order valence-corrected chi connectivity index (χ4v) is 3.05. The van der Waals surface area contributed by atoms with Crippen LogP contribution in [0.3, 0.4) is 0 Å². The number of anilines is 1. The van der Waals surface area contributed by atoms with Crippen molar-refractivity contribution in [3.05, 3.63) is 88.5 Å². The van der Waals surface area contributed by atoms with Crippen LogP contribution in [0.15, 0.2) is 72.3 Å². The van der Waals surface area contributed by atoms with Gasteiger partial charge in [-0.15, -0.1) is 0 Å². The van der Waals surface area contributed by atoms with Crippen LogP contribution >= 0.6 is 11.6 Å². The third-order valence-electron chi connectivity index (χ3n) is 4.62. The Hall–Kier alpha value is -3.95. The molecule has 6 nitrogen and oxygen atoms in total. The number of benzene rings is 3. The van der Waals surface area contributed by atoms with Crippen LogP contribution in [0.1, 0.15) is 18.1 Å². The van der Waals surface area contributed by atoms with Gasteiger partial charge in [-0.2, -0.15) is 5.26 Å². The van der Waals surface area contributed by atoms with Gasteiger partial charge in [0.15, 0.2) is 0 Å². The number of nitriles is 1. The number of nitrogens with one attached hydrogen (secondary N) is 1. The molecule has 0 bridgehead atoms. The Bertz CT molecular complexity index is 1170. The number of nitrogens with zero attached hydrogens (tertiary/aromatic N) is 1. The summed E-state index contributed by atoms with van der Waals surface area (Å²) in [4.78, 5) is 12.7. The van der Waals surface area contributed by atoms with E-state index in [1.807, 2.05) is 37.3 Å². The number of methoxy groups -OCH3 is 1. The third kappa shape index (κ3) is 6.76. The van der Waals surface area contributed by atoms with Gasteiger partial charge in [0.1, 0.15) is 35.5 Å². The molecule has 3 aromatic rings. The molecule has 0 saturated heterocycles. The van der Waals surface area contributed by atoms with E-state index < -0.39 is 5.91 Å². The van der Waals surface area contributed by atoms with E-state index in [1.54, 1.807) is 49.6 Å². The van der Waals surface area contributed by atoms with Crippen LogP contribution in [-0.4, -0.2) is 19.6 Å². The zero-order valence-corrected chi connectivity index (χ0v) is 19.1. The van der Waals surface area contributed by atoms with Crippen molar-refractivity contribution in [3.63, 3.8) is 0 Å². The third-order valence-corrected chi connectivity index (χ3v) is 4.87. The van der Waals surface area contributed by atoms with Gasteiger partial charge in [0.2, 0.25) is 0 Å². The average molecular weight is 463 g/mol. The molecule has 168 valence electrons. The van der Waals surface area contributed by atoms with Crippen molar-refractivity contribution < 1.29 is 19.0 Å². The Labute approximate surface area is 198 Å². The van der Waals surface area contributed by atoms with Crippen molar-refractivity contribution in [2.45, 2.75) is 13.5 Å². The summed E-state index contributed by atoms with van der Waals surface area (Å²) < 4.78 is 16.6. The van der Waals surface area contributed by atoms with Crippen molar-refractivity contribution in [2.75, 3.05) is 19.0 Å². The van der Waals surface area contributed by atoms with Gasteiger partial charge in [0.05, 0.1) is 13.7 Å². The van der Waals surface area contributed by atoms with E-state index in [2.05, 4.69) is 5.32 Å². The lowest BCUT2D eigenvalue weighted by Gasteiger charge is -2.10. The van der Waals surface area contributed by atoms with Crippen LogP contribution in [0.4, 0.5) is 5.69 Å². The molecule has 7 heteroatoms.